The Balaban J connectivity index is 2.99. The van der Waals surface area contributed by atoms with E-state index in [9.17, 15) is 0 Å². The normalized spacial score (nSPS) is 14.3. The Kier molecular flexibility index (Phi) is 5.37. The van der Waals surface area contributed by atoms with Crippen molar-refractivity contribution < 1.29 is 0 Å². The Hall–Kier alpha value is 1.27. The maximum absolute atomic E-state index is 4.85. The van der Waals surface area contributed by atoms with Gasteiger partial charge in [-0.2, -0.15) is 12.6 Å². The summed E-state index contributed by atoms with van der Waals surface area (Å²) in [7, 11) is 1.77. The molecule has 0 rings (SSSR count). The quantitative estimate of drug-likeness (QED) is 0.474. The fourth-order valence-electron chi connectivity index (χ4n) is 0.0527. The van der Waals surface area contributed by atoms with Crippen LogP contribution in [0.5, 0.6) is 0 Å². The summed E-state index contributed by atoms with van der Waals surface area (Å²) in [4.78, 5) is 0. The van der Waals surface area contributed by atoms with Crippen molar-refractivity contribution in [2.24, 2.45) is 0 Å². The van der Waals surface area contributed by atoms with Gasteiger partial charge in [0.1, 0.15) is 0 Å². The highest BCUT2D eigenvalue weighted by Crippen LogP contribution is 2.02. The highest BCUT2D eigenvalue weighted by atomic mass is 33.3. The molecule has 0 aromatic heterocycles. The molecule has 0 aliphatic heterocycles. The highest BCUT2D eigenvalue weighted by Gasteiger charge is 1.79. The molecule has 0 amide bonds. The molecule has 0 aromatic rings. The lowest BCUT2D eigenvalue weighted by atomic mass is 11.9. The zero-order chi connectivity index (χ0) is 4.99. The molecule has 38 valence electrons. The zero-order valence-corrected chi connectivity index (χ0v) is 6.72. The fourth-order valence-corrected chi connectivity index (χ4v) is 1.42. The van der Waals surface area contributed by atoms with Gasteiger partial charge in [-0.05, 0) is 17.4 Å². The zero-order valence-electron chi connectivity index (χ0n) is 3.38. The van der Waals surface area contributed by atoms with Gasteiger partial charge in [-0.25, -0.2) is 0 Å². The summed E-state index contributed by atoms with van der Waals surface area (Å²) < 4.78 is 0. The molecule has 0 aliphatic carbocycles. The molecule has 0 saturated carbocycles. The smallest absolute Gasteiger partial charge is 0.0505 e. The van der Waals surface area contributed by atoms with E-state index in [1.165, 1.54) is 0 Å². The van der Waals surface area contributed by atoms with Crippen LogP contribution in [0.3, 0.4) is 0 Å². The number of thiol groups is 1. The van der Waals surface area contributed by atoms with E-state index in [0.29, 0.717) is 0 Å². The van der Waals surface area contributed by atoms with E-state index in [1.807, 2.05) is 6.26 Å². The van der Waals surface area contributed by atoms with Crippen molar-refractivity contribution in [3.8, 4) is 0 Å². The van der Waals surface area contributed by atoms with E-state index in [1.54, 1.807) is 10.8 Å². The van der Waals surface area contributed by atoms with Crippen LogP contribution in [0.15, 0.2) is 0 Å². The van der Waals surface area contributed by atoms with Gasteiger partial charge in [0.25, 0.3) is 0 Å². The molecule has 0 N–H and O–H groups in total. The van der Waals surface area contributed by atoms with Crippen LogP contribution >= 0.6 is 23.4 Å². The van der Waals surface area contributed by atoms with Crippen molar-refractivity contribution >= 4 is 43.1 Å². The largest absolute Gasteiger partial charge is 0.167 e. The van der Waals surface area contributed by atoms with E-state index in [-0.39, 0.29) is 8.49 Å². The molecule has 0 heterocycles. The van der Waals surface area contributed by atoms with Crippen molar-refractivity contribution in [2.45, 2.75) is 0 Å². The molecule has 0 fully saturated rings. The monoisotopic (exact) mass is 158 g/mol. The summed E-state index contributed by atoms with van der Waals surface area (Å²) in [5.74, 6) is 0. The van der Waals surface area contributed by atoms with E-state index >= 15 is 0 Å². The van der Waals surface area contributed by atoms with Crippen LogP contribution in [-0.4, -0.2) is 11.3 Å². The van der Waals surface area contributed by atoms with Gasteiger partial charge in [0, 0.05) is 0 Å². The van der Waals surface area contributed by atoms with Gasteiger partial charge in [0.15, 0.2) is 0 Å². The summed E-state index contributed by atoms with van der Waals surface area (Å²) in [6.07, 6.45) is 2.01. The summed E-state index contributed by atoms with van der Waals surface area (Å²) in [6.45, 7) is 0. The molecule has 0 aromatic carbocycles. The first-order valence-corrected chi connectivity index (χ1v) is 6.04. The summed E-state index contributed by atoms with van der Waals surface area (Å²) in [5, 5.41) is 0.830. The first kappa shape index (κ1) is 7.27. The molecule has 0 spiro atoms. The van der Waals surface area contributed by atoms with Crippen LogP contribution in [0.25, 0.3) is 0 Å². The Morgan fingerprint density at radius 3 is 2.50 bits per heavy atom. The predicted octanol–water partition coefficient (Wildman–Crippen LogP) is 1.23. The Morgan fingerprint density at radius 1 is 2.00 bits per heavy atom. The molecule has 4 heteroatoms. The second-order valence-electron chi connectivity index (χ2n) is 0.600. The maximum atomic E-state index is 4.85. The lowest BCUT2D eigenvalue weighted by Crippen LogP contribution is -1.75. The van der Waals surface area contributed by atoms with Gasteiger partial charge in [-0.1, -0.05) is 19.3 Å². The van der Waals surface area contributed by atoms with Crippen molar-refractivity contribution in [2.75, 3.05) is 11.3 Å². The van der Waals surface area contributed by atoms with Crippen molar-refractivity contribution in [1.82, 2.24) is 0 Å². The van der Waals surface area contributed by atoms with E-state index in [0.717, 1.165) is 5.08 Å². The Labute approximate surface area is 54.5 Å². The molecule has 0 bridgehead atoms. The van der Waals surface area contributed by atoms with E-state index in [2.05, 4.69) is 12.6 Å². The average molecular weight is 158 g/mol. The Morgan fingerprint density at radius 2 is 2.50 bits per heavy atom. The first-order valence-electron chi connectivity index (χ1n) is 1.35. The van der Waals surface area contributed by atoms with E-state index < -0.39 is 0 Å². The van der Waals surface area contributed by atoms with E-state index in [4.69, 9.17) is 11.2 Å². The standard InChI is InChI=1S/C2H6S4/c1-5-6(4)2-3/h3H,2H2,1H3. The van der Waals surface area contributed by atoms with Crippen LogP contribution < -0.4 is 0 Å². The third-order valence-electron chi connectivity index (χ3n) is 0.291. The lowest BCUT2D eigenvalue weighted by molar-refractivity contribution is 2.34. The van der Waals surface area contributed by atoms with Gasteiger partial charge in [0.2, 0.25) is 0 Å². The molecule has 1 unspecified atom stereocenters. The van der Waals surface area contributed by atoms with Crippen LogP contribution in [0.2, 0.25) is 0 Å². The minimum absolute atomic E-state index is 0.0802. The molecular formula is C2H6S4. The van der Waals surface area contributed by atoms with Crippen LogP contribution in [0.4, 0.5) is 0 Å². The maximum Gasteiger partial charge on any atom is 0.0505 e. The summed E-state index contributed by atoms with van der Waals surface area (Å²) in [6, 6.07) is 0. The second-order valence-corrected chi connectivity index (χ2v) is 6.62. The van der Waals surface area contributed by atoms with Gasteiger partial charge in [-0.15, -0.1) is 0 Å². The van der Waals surface area contributed by atoms with Crippen molar-refractivity contribution in [3.63, 3.8) is 0 Å². The van der Waals surface area contributed by atoms with Gasteiger partial charge >= 0.3 is 0 Å². The number of hydrogen-bond donors (Lipinski definition) is 1. The summed E-state index contributed by atoms with van der Waals surface area (Å²) in [5.41, 5.74) is 0. The third-order valence-corrected chi connectivity index (χ3v) is 5.74. The van der Waals surface area contributed by atoms with Crippen molar-refractivity contribution in [1.29, 1.82) is 0 Å². The minimum Gasteiger partial charge on any atom is -0.167 e. The van der Waals surface area contributed by atoms with Gasteiger partial charge in [0.05, 0.1) is 5.08 Å². The van der Waals surface area contributed by atoms with Gasteiger partial charge in [-0.3, -0.25) is 0 Å². The Bertz CT molecular complexity index is 43.5. The molecule has 0 saturated heterocycles. The van der Waals surface area contributed by atoms with Crippen LogP contribution in [0, 0.1) is 0 Å². The molecule has 1 atom stereocenters. The average Bonchev–Trinajstić information content (AvgIpc) is 1.65. The fraction of sp³-hybridized carbons (Fsp3) is 1.00. The first-order chi connectivity index (χ1) is 2.81. The number of hydrogen-bond acceptors (Lipinski definition) is 3. The molecular weight excluding hydrogens is 152 g/mol. The third kappa shape index (κ3) is 3.46. The molecule has 0 nitrogen and oxygen atoms in total. The molecule has 0 radical (unpaired) electrons. The van der Waals surface area contributed by atoms with Crippen LogP contribution in [0.1, 0.15) is 0 Å². The summed E-state index contributed by atoms with van der Waals surface area (Å²) >= 11 is 8.84. The predicted molar refractivity (Wildman–Crippen MR) is 42.1 cm³/mol. The SMILES string of the molecule is CSS(=S)CS. The van der Waals surface area contributed by atoms with Crippen LogP contribution in [-0.2, 0) is 19.7 Å². The topological polar surface area (TPSA) is 0 Å². The van der Waals surface area contributed by atoms with Gasteiger partial charge < -0.3 is 0 Å². The number of rotatable bonds is 2. The second kappa shape index (κ2) is 4.43. The highest BCUT2D eigenvalue weighted by molar-refractivity contribution is 8.83. The molecule has 6 heavy (non-hydrogen) atoms. The minimum atomic E-state index is 0.0802. The molecule has 0 aliphatic rings. The van der Waals surface area contributed by atoms with Crippen molar-refractivity contribution in [3.05, 3.63) is 0 Å². The lowest BCUT2D eigenvalue weighted by Gasteiger charge is -1.87.